The van der Waals surface area contributed by atoms with Gasteiger partial charge in [-0.15, -0.1) is 11.3 Å². The molecule has 0 radical (unpaired) electrons. The second-order valence-electron chi connectivity index (χ2n) is 7.80. The molecule has 2 unspecified atom stereocenters. The summed E-state index contributed by atoms with van der Waals surface area (Å²) in [6.07, 6.45) is 0.889. The van der Waals surface area contributed by atoms with Crippen LogP contribution in [0, 0.1) is 5.92 Å². The van der Waals surface area contributed by atoms with Crippen LogP contribution < -0.4 is 10.6 Å². The number of nitrogens with zero attached hydrogens (tertiary/aromatic N) is 2. The monoisotopic (exact) mass is 458 g/mol. The fourth-order valence-corrected chi connectivity index (χ4v) is 4.11. The zero-order valence-electron chi connectivity index (χ0n) is 18.3. The maximum absolute atomic E-state index is 13.1. The van der Waals surface area contributed by atoms with Crippen LogP contribution in [0.3, 0.4) is 0 Å². The largest absolute Gasteiger partial charge is 0.388 e. The lowest BCUT2D eigenvalue weighted by Gasteiger charge is -2.20. The van der Waals surface area contributed by atoms with E-state index >= 15 is 0 Å². The van der Waals surface area contributed by atoms with E-state index in [-0.39, 0.29) is 11.8 Å². The van der Waals surface area contributed by atoms with Crippen LogP contribution in [-0.4, -0.2) is 27.5 Å². The number of benzene rings is 2. The molecule has 2 aromatic heterocycles. The van der Waals surface area contributed by atoms with Crippen molar-refractivity contribution in [3.05, 3.63) is 100 Å². The van der Waals surface area contributed by atoms with Crippen LogP contribution >= 0.6 is 11.3 Å². The predicted octanol–water partition coefficient (Wildman–Crippen LogP) is 4.92. The van der Waals surface area contributed by atoms with Gasteiger partial charge in [0.05, 0.1) is 23.9 Å². The molecule has 7 heteroatoms. The lowest BCUT2D eigenvalue weighted by Crippen LogP contribution is -2.31. The highest BCUT2D eigenvalue weighted by Crippen LogP contribution is 2.24. The third kappa shape index (κ3) is 5.83. The summed E-state index contributed by atoms with van der Waals surface area (Å²) in [6, 6.07) is 23.1. The van der Waals surface area contributed by atoms with Gasteiger partial charge in [-0.2, -0.15) is 0 Å². The van der Waals surface area contributed by atoms with E-state index < -0.39 is 6.10 Å². The topological polar surface area (TPSA) is 87.1 Å². The number of nitrogens with one attached hydrogen (secondary N) is 2. The fourth-order valence-electron chi connectivity index (χ4n) is 3.47. The number of anilines is 1. The van der Waals surface area contributed by atoms with Crippen molar-refractivity contribution >= 4 is 23.2 Å². The van der Waals surface area contributed by atoms with Gasteiger partial charge in [-0.3, -0.25) is 4.79 Å². The molecule has 0 spiro atoms. The molecule has 3 N–H and O–H groups in total. The molecule has 0 saturated carbocycles. The maximum atomic E-state index is 13.1. The molecule has 0 aliphatic rings. The molecule has 33 heavy (non-hydrogen) atoms. The van der Waals surface area contributed by atoms with E-state index in [1.807, 2.05) is 85.1 Å². The van der Waals surface area contributed by atoms with E-state index in [9.17, 15) is 9.90 Å². The van der Waals surface area contributed by atoms with E-state index in [4.69, 9.17) is 0 Å². The van der Waals surface area contributed by atoms with Crippen molar-refractivity contribution in [1.29, 1.82) is 0 Å². The van der Waals surface area contributed by atoms with Gasteiger partial charge in [0.2, 0.25) is 5.95 Å². The summed E-state index contributed by atoms with van der Waals surface area (Å²) in [4.78, 5) is 23.3. The van der Waals surface area contributed by atoms with Crippen molar-refractivity contribution in [1.82, 2.24) is 15.3 Å². The number of aromatic nitrogens is 2. The first kappa shape index (κ1) is 22.6. The number of thiophene rings is 1. The minimum absolute atomic E-state index is 0.163. The smallest absolute Gasteiger partial charge is 0.255 e. The van der Waals surface area contributed by atoms with Gasteiger partial charge < -0.3 is 15.7 Å². The minimum Gasteiger partial charge on any atom is -0.388 e. The van der Waals surface area contributed by atoms with E-state index in [0.29, 0.717) is 30.3 Å². The van der Waals surface area contributed by atoms with Gasteiger partial charge in [0, 0.05) is 29.1 Å². The molecule has 0 saturated heterocycles. The highest BCUT2D eigenvalue weighted by atomic mass is 32.1. The molecule has 2 aromatic carbocycles. The highest BCUT2D eigenvalue weighted by Gasteiger charge is 2.20. The second kappa shape index (κ2) is 10.8. The zero-order valence-corrected chi connectivity index (χ0v) is 19.1. The Morgan fingerprint density at radius 3 is 2.45 bits per heavy atom. The van der Waals surface area contributed by atoms with Gasteiger partial charge in [-0.05, 0) is 17.0 Å². The van der Waals surface area contributed by atoms with Crippen LogP contribution in [0.4, 0.5) is 5.95 Å². The van der Waals surface area contributed by atoms with Crippen molar-refractivity contribution in [2.75, 3.05) is 11.9 Å². The third-order valence-corrected chi connectivity index (χ3v) is 6.22. The Labute approximate surface area is 197 Å². The SMILES string of the molecule is CC(CNC(=O)c1cnc(NCc2cccs2)nc1-c1ccccc1)C(O)c1ccccc1. The molecule has 0 fully saturated rings. The number of amides is 1. The predicted molar refractivity (Wildman–Crippen MR) is 132 cm³/mol. The van der Waals surface area contributed by atoms with E-state index in [1.54, 1.807) is 17.5 Å². The summed E-state index contributed by atoms with van der Waals surface area (Å²) in [5.74, 6) is 0.0293. The molecule has 4 rings (SSSR count). The molecule has 0 bridgehead atoms. The summed E-state index contributed by atoms with van der Waals surface area (Å²) in [5, 5.41) is 18.8. The molecular formula is C26H26N4O2S. The second-order valence-corrected chi connectivity index (χ2v) is 8.83. The van der Waals surface area contributed by atoms with Crippen molar-refractivity contribution in [3.63, 3.8) is 0 Å². The van der Waals surface area contributed by atoms with Gasteiger partial charge in [-0.1, -0.05) is 73.7 Å². The van der Waals surface area contributed by atoms with Crippen molar-refractivity contribution in [3.8, 4) is 11.3 Å². The summed E-state index contributed by atoms with van der Waals surface area (Å²) in [6.45, 7) is 2.85. The first-order valence-corrected chi connectivity index (χ1v) is 11.7. The average Bonchev–Trinajstić information content (AvgIpc) is 3.40. The Kier molecular flexibility index (Phi) is 7.44. The minimum atomic E-state index is -0.667. The third-order valence-electron chi connectivity index (χ3n) is 5.35. The van der Waals surface area contributed by atoms with Crippen LogP contribution in [0.15, 0.2) is 84.4 Å². The lowest BCUT2D eigenvalue weighted by molar-refractivity contribution is 0.0896. The number of hydrogen-bond donors (Lipinski definition) is 3. The summed E-state index contributed by atoms with van der Waals surface area (Å²) >= 11 is 1.66. The molecule has 168 valence electrons. The Morgan fingerprint density at radius 2 is 1.76 bits per heavy atom. The van der Waals surface area contributed by atoms with Crippen molar-refractivity contribution < 1.29 is 9.90 Å². The summed E-state index contributed by atoms with van der Waals surface area (Å²) in [7, 11) is 0. The number of carbonyl (C=O) groups is 1. The molecule has 6 nitrogen and oxygen atoms in total. The first-order valence-electron chi connectivity index (χ1n) is 10.8. The molecule has 1 amide bonds. The lowest BCUT2D eigenvalue weighted by atomic mass is 9.97. The summed E-state index contributed by atoms with van der Waals surface area (Å²) in [5.41, 5.74) is 2.62. The molecule has 0 aliphatic heterocycles. The number of hydrogen-bond acceptors (Lipinski definition) is 6. The first-order chi connectivity index (χ1) is 16.1. The molecular weight excluding hydrogens is 432 g/mol. The van der Waals surface area contributed by atoms with E-state index in [2.05, 4.69) is 20.6 Å². The highest BCUT2D eigenvalue weighted by molar-refractivity contribution is 7.09. The quantitative estimate of drug-likeness (QED) is 0.332. The standard InChI is InChI=1S/C26H26N4O2S/c1-18(24(31)20-11-6-3-7-12-20)15-27-25(32)22-17-29-26(28-16-21-13-8-14-33-21)30-23(22)19-9-4-2-5-10-19/h2-14,17-18,24,31H,15-16H2,1H3,(H,27,32)(H,28,29,30). The van der Waals surface area contributed by atoms with Crippen molar-refractivity contribution in [2.45, 2.75) is 19.6 Å². The molecule has 4 aromatic rings. The van der Waals surface area contributed by atoms with Crippen LogP contribution in [0.5, 0.6) is 0 Å². The molecule has 2 heterocycles. The Balaban J connectivity index is 1.49. The fraction of sp³-hybridized carbons (Fsp3) is 0.192. The molecule has 2 atom stereocenters. The van der Waals surface area contributed by atoms with Gasteiger partial charge in [0.1, 0.15) is 0 Å². The summed E-state index contributed by atoms with van der Waals surface area (Å²) < 4.78 is 0. The number of rotatable bonds is 9. The van der Waals surface area contributed by atoms with Gasteiger partial charge in [0.15, 0.2) is 0 Å². The van der Waals surface area contributed by atoms with Gasteiger partial charge >= 0.3 is 0 Å². The van der Waals surface area contributed by atoms with Crippen LogP contribution in [0.25, 0.3) is 11.3 Å². The van der Waals surface area contributed by atoms with Crippen LogP contribution in [-0.2, 0) is 6.54 Å². The van der Waals surface area contributed by atoms with Crippen LogP contribution in [0.2, 0.25) is 0 Å². The Morgan fingerprint density at radius 1 is 1.03 bits per heavy atom. The van der Waals surface area contributed by atoms with Crippen molar-refractivity contribution in [2.24, 2.45) is 5.92 Å². The average molecular weight is 459 g/mol. The van der Waals surface area contributed by atoms with E-state index in [0.717, 1.165) is 11.1 Å². The van der Waals surface area contributed by atoms with Crippen LogP contribution in [0.1, 0.15) is 33.8 Å². The van der Waals surface area contributed by atoms with E-state index in [1.165, 1.54) is 4.88 Å². The van der Waals surface area contributed by atoms with Gasteiger partial charge in [0.25, 0.3) is 5.91 Å². The Bertz CT molecular complexity index is 1170. The normalized spacial score (nSPS) is 12.7. The van der Waals surface area contributed by atoms with Gasteiger partial charge in [-0.25, -0.2) is 9.97 Å². The maximum Gasteiger partial charge on any atom is 0.255 e. The Hall–Kier alpha value is -3.55. The number of carbonyl (C=O) groups excluding carboxylic acids is 1. The number of aliphatic hydroxyl groups excluding tert-OH is 1. The molecule has 0 aliphatic carbocycles. The zero-order chi connectivity index (χ0) is 23.0. The number of aliphatic hydroxyl groups is 1.